The largest absolute Gasteiger partial charge is 0.384 e. The summed E-state index contributed by atoms with van der Waals surface area (Å²) in [7, 11) is 0. The van der Waals surface area contributed by atoms with E-state index in [-0.39, 0.29) is 0 Å². The number of hydrogen-bond acceptors (Lipinski definition) is 3. The number of anilines is 1. The Labute approximate surface area is 112 Å². The van der Waals surface area contributed by atoms with Crippen molar-refractivity contribution in [1.29, 1.82) is 0 Å². The molecule has 3 heteroatoms. The highest BCUT2D eigenvalue weighted by molar-refractivity contribution is 5.59. The molecule has 96 valence electrons. The van der Waals surface area contributed by atoms with Gasteiger partial charge in [-0.15, -0.1) is 0 Å². The molecule has 0 aliphatic heterocycles. The number of nitrogens with two attached hydrogens (primary N) is 1. The number of hydrogen-bond donors (Lipinski definition) is 1. The summed E-state index contributed by atoms with van der Waals surface area (Å²) >= 11 is 0. The highest BCUT2D eigenvalue weighted by atomic mass is 15.0. The van der Waals surface area contributed by atoms with Crippen molar-refractivity contribution in [2.75, 3.05) is 5.73 Å². The van der Waals surface area contributed by atoms with E-state index < -0.39 is 0 Å². The van der Waals surface area contributed by atoms with Gasteiger partial charge in [0.05, 0.1) is 0 Å². The van der Waals surface area contributed by atoms with Crippen LogP contribution >= 0.6 is 0 Å². The van der Waals surface area contributed by atoms with Gasteiger partial charge in [-0.05, 0) is 43.2 Å². The van der Waals surface area contributed by atoms with Crippen LogP contribution < -0.4 is 5.73 Å². The van der Waals surface area contributed by atoms with Crippen LogP contribution in [0.5, 0.6) is 0 Å². The van der Waals surface area contributed by atoms with Crippen LogP contribution in [0.1, 0.15) is 48.8 Å². The molecule has 2 saturated carbocycles. The standard InChI is InChI=1S/C16H17N3/c17-15-9-14(11-6-7-11)18-16(19-15)13-3-1-2-12(8-13)10-4-5-10/h1-3,8-11H,4-7H2,(H2,17,18,19). The molecular formula is C16H17N3. The lowest BCUT2D eigenvalue weighted by molar-refractivity contribution is 0.997. The van der Waals surface area contributed by atoms with Gasteiger partial charge in [-0.2, -0.15) is 0 Å². The van der Waals surface area contributed by atoms with Crippen LogP contribution in [0.15, 0.2) is 30.3 Å². The van der Waals surface area contributed by atoms with Gasteiger partial charge in [-0.25, -0.2) is 9.97 Å². The van der Waals surface area contributed by atoms with E-state index in [0.29, 0.717) is 11.7 Å². The fourth-order valence-electron chi connectivity index (χ4n) is 2.55. The first-order valence-electron chi connectivity index (χ1n) is 7.04. The van der Waals surface area contributed by atoms with E-state index in [4.69, 9.17) is 10.7 Å². The van der Waals surface area contributed by atoms with Crippen molar-refractivity contribution >= 4 is 5.82 Å². The maximum atomic E-state index is 5.92. The number of benzene rings is 1. The van der Waals surface area contributed by atoms with Crippen LogP contribution in [0.2, 0.25) is 0 Å². The smallest absolute Gasteiger partial charge is 0.161 e. The van der Waals surface area contributed by atoms with Gasteiger partial charge in [0, 0.05) is 23.2 Å². The first-order chi connectivity index (χ1) is 9.29. The second-order valence-corrected chi connectivity index (χ2v) is 5.72. The molecule has 0 saturated heterocycles. The van der Waals surface area contributed by atoms with Crippen LogP contribution in [-0.4, -0.2) is 9.97 Å². The Morgan fingerprint density at radius 3 is 2.47 bits per heavy atom. The predicted octanol–water partition coefficient (Wildman–Crippen LogP) is 3.48. The summed E-state index contributed by atoms with van der Waals surface area (Å²) in [6, 6.07) is 10.5. The summed E-state index contributed by atoms with van der Waals surface area (Å²) in [6.45, 7) is 0. The Hall–Kier alpha value is -1.90. The SMILES string of the molecule is Nc1cc(C2CC2)nc(-c2cccc(C3CC3)c2)n1. The summed E-state index contributed by atoms with van der Waals surface area (Å²) < 4.78 is 0. The zero-order valence-electron chi connectivity index (χ0n) is 10.8. The van der Waals surface area contributed by atoms with E-state index in [2.05, 4.69) is 29.2 Å². The van der Waals surface area contributed by atoms with Gasteiger partial charge in [0.15, 0.2) is 5.82 Å². The average molecular weight is 251 g/mol. The molecule has 2 aromatic rings. The van der Waals surface area contributed by atoms with Crippen molar-refractivity contribution in [3.05, 3.63) is 41.6 Å². The van der Waals surface area contributed by atoms with Crippen LogP contribution in [-0.2, 0) is 0 Å². The van der Waals surface area contributed by atoms with Gasteiger partial charge in [0.1, 0.15) is 5.82 Å². The zero-order valence-corrected chi connectivity index (χ0v) is 10.8. The molecule has 2 aliphatic rings. The summed E-state index contributed by atoms with van der Waals surface area (Å²) in [4.78, 5) is 9.10. The lowest BCUT2D eigenvalue weighted by atomic mass is 10.1. The van der Waals surface area contributed by atoms with E-state index in [1.165, 1.54) is 31.2 Å². The van der Waals surface area contributed by atoms with Crippen molar-refractivity contribution in [3.8, 4) is 11.4 Å². The van der Waals surface area contributed by atoms with Crippen LogP contribution in [0.25, 0.3) is 11.4 Å². The molecule has 1 heterocycles. The van der Waals surface area contributed by atoms with Gasteiger partial charge < -0.3 is 5.73 Å². The predicted molar refractivity (Wildman–Crippen MR) is 75.8 cm³/mol. The molecule has 0 spiro atoms. The fraction of sp³-hybridized carbons (Fsp3) is 0.375. The lowest BCUT2D eigenvalue weighted by Crippen LogP contribution is -1.99. The highest BCUT2D eigenvalue weighted by Crippen LogP contribution is 2.42. The molecule has 1 aromatic heterocycles. The van der Waals surface area contributed by atoms with Gasteiger partial charge in [-0.1, -0.05) is 18.2 Å². The van der Waals surface area contributed by atoms with E-state index >= 15 is 0 Å². The molecule has 0 radical (unpaired) electrons. The molecule has 3 nitrogen and oxygen atoms in total. The Bertz CT molecular complexity index is 628. The van der Waals surface area contributed by atoms with Crippen molar-refractivity contribution in [1.82, 2.24) is 9.97 Å². The minimum Gasteiger partial charge on any atom is -0.384 e. The van der Waals surface area contributed by atoms with Gasteiger partial charge in [0.2, 0.25) is 0 Å². The van der Waals surface area contributed by atoms with Crippen molar-refractivity contribution < 1.29 is 0 Å². The molecule has 1 aromatic carbocycles. The number of rotatable bonds is 3. The van der Waals surface area contributed by atoms with E-state index in [1.807, 2.05) is 6.07 Å². The number of nitrogen functional groups attached to an aromatic ring is 1. The Morgan fingerprint density at radius 2 is 1.74 bits per heavy atom. The van der Waals surface area contributed by atoms with E-state index in [9.17, 15) is 0 Å². The second-order valence-electron chi connectivity index (χ2n) is 5.72. The molecule has 19 heavy (non-hydrogen) atoms. The molecule has 2 N–H and O–H groups in total. The zero-order chi connectivity index (χ0) is 12.8. The van der Waals surface area contributed by atoms with Crippen molar-refractivity contribution in [2.24, 2.45) is 0 Å². The van der Waals surface area contributed by atoms with Gasteiger partial charge in [-0.3, -0.25) is 0 Å². The third-order valence-electron chi connectivity index (χ3n) is 3.95. The third kappa shape index (κ3) is 2.21. The van der Waals surface area contributed by atoms with Crippen LogP contribution in [0.4, 0.5) is 5.82 Å². The number of aromatic nitrogens is 2. The lowest BCUT2D eigenvalue weighted by Gasteiger charge is -2.06. The minimum atomic E-state index is 0.587. The van der Waals surface area contributed by atoms with Crippen LogP contribution in [0.3, 0.4) is 0 Å². The highest BCUT2D eigenvalue weighted by Gasteiger charge is 2.26. The summed E-state index contributed by atoms with van der Waals surface area (Å²) in [5.41, 5.74) is 9.54. The Balaban J connectivity index is 1.76. The number of nitrogens with zero attached hydrogens (tertiary/aromatic N) is 2. The van der Waals surface area contributed by atoms with E-state index in [1.54, 1.807) is 0 Å². The normalized spacial score (nSPS) is 18.5. The van der Waals surface area contributed by atoms with Crippen LogP contribution in [0, 0.1) is 0 Å². The molecule has 2 fully saturated rings. The topological polar surface area (TPSA) is 51.8 Å². The second kappa shape index (κ2) is 4.05. The Morgan fingerprint density at radius 1 is 0.947 bits per heavy atom. The minimum absolute atomic E-state index is 0.587. The molecule has 0 unspecified atom stereocenters. The molecular weight excluding hydrogens is 234 g/mol. The molecule has 2 aliphatic carbocycles. The summed E-state index contributed by atoms with van der Waals surface area (Å²) in [6.07, 6.45) is 5.10. The van der Waals surface area contributed by atoms with Crippen molar-refractivity contribution in [2.45, 2.75) is 37.5 Å². The Kier molecular flexibility index (Phi) is 2.34. The quantitative estimate of drug-likeness (QED) is 0.908. The molecule has 0 amide bonds. The fourth-order valence-corrected chi connectivity index (χ4v) is 2.55. The maximum absolute atomic E-state index is 5.92. The first-order valence-corrected chi connectivity index (χ1v) is 7.04. The summed E-state index contributed by atoms with van der Waals surface area (Å²) in [5, 5.41) is 0. The summed E-state index contributed by atoms with van der Waals surface area (Å²) in [5.74, 6) is 2.73. The molecule has 0 atom stereocenters. The monoisotopic (exact) mass is 251 g/mol. The average Bonchev–Trinajstić information content (AvgIpc) is 3.31. The molecule has 4 rings (SSSR count). The van der Waals surface area contributed by atoms with Gasteiger partial charge >= 0.3 is 0 Å². The van der Waals surface area contributed by atoms with Crippen molar-refractivity contribution in [3.63, 3.8) is 0 Å². The first kappa shape index (κ1) is 11.0. The maximum Gasteiger partial charge on any atom is 0.161 e. The van der Waals surface area contributed by atoms with Gasteiger partial charge in [0.25, 0.3) is 0 Å². The third-order valence-corrected chi connectivity index (χ3v) is 3.95. The molecule has 0 bridgehead atoms. The van der Waals surface area contributed by atoms with E-state index in [0.717, 1.165) is 23.0 Å².